The second-order valence-corrected chi connectivity index (χ2v) is 5.41. The predicted octanol–water partition coefficient (Wildman–Crippen LogP) is 4.34. The zero-order valence-corrected chi connectivity index (χ0v) is 12.9. The van der Waals surface area contributed by atoms with Gasteiger partial charge < -0.3 is 14.8 Å². The highest BCUT2D eigenvalue weighted by Gasteiger charge is 2.02. The van der Waals surface area contributed by atoms with Crippen molar-refractivity contribution >= 4 is 5.69 Å². The van der Waals surface area contributed by atoms with E-state index in [1.165, 1.54) is 5.56 Å². The van der Waals surface area contributed by atoms with E-state index in [0.29, 0.717) is 5.92 Å². The van der Waals surface area contributed by atoms with Gasteiger partial charge in [0.05, 0.1) is 19.4 Å². The molecule has 0 saturated carbocycles. The third kappa shape index (κ3) is 4.71. The van der Waals surface area contributed by atoms with Crippen LogP contribution in [0, 0.1) is 5.92 Å². The van der Waals surface area contributed by atoms with E-state index >= 15 is 0 Å². The monoisotopic (exact) mass is 285 g/mol. The molecule has 2 rings (SSSR count). The first-order valence-electron chi connectivity index (χ1n) is 7.27. The van der Waals surface area contributed by atoms with Gasteiger partial charge in [-0.3, -0.25) is 0 Å². The van der Waals surface area contributed by atoms with Crippen molar-refractivity contribution in [1.82, 2.24) is 0 Å². The van der Waals surface area contributed by atoms with E-state index in [0.717, 1.165) is 30.3 Å². The number of para-hydroxylation sites is 2. The summed E-state index contributed by atoms with van der Waals surface area (Å²) in [7, 11) is 1.68. The largest absolute Gasteiger partial charge is 0.495 e. The Morgan fingerprint density at radius 2 is 1.86 bits per heavy atom. The van der Waals surface area contributed by atoms with Gasteiger partial charge >= 0.3 is 0 Å². The van der Waals surface area contributed by atoms with Crippen LogP contribution < -0.4 is 14.8 Å². The number of methoxy groups -OCH3 is 1. The van der Waals surface area contributed by atoms with E-state index in [4.69, 9.17) is 9.47 Å². The van der Waals surface area contributed by atoms with Crippen LogP contribution in [0.2, 0.25) is 0 Å². The lowest BCUT2D eigenvalue weighted by molar-refractivity contribution is 0.271. The maximum absolute atomic E-state index is 5.75. The first-order valence-corrected chi connectivity index (χ1v) is 7.27. The van der Waals surface area contributed by atoms with Gasteiger partial charge in [-0.1, -0.05) is 38.1 Å². The second-order valence-electron chi connectivity index (χ2n) is 5.41. The van der Waals surface area contributed by atoms with Crippen LogP contribution in [0.3, 0.4) is 0 Å². The molecule has 0 aliphatic carbocycles. The van der Waals surface area contributed by atoms with Crippen molar-refractivity contribution in [3.05, 3.63) is 54.1 Å². The van der Waals surface area contributed by atoms with Crippen molar-refractivity contribution in [2.75, 3.05) is 19.0 Å². The summed E-state index contributed by atoms with van der Waals surface area (Å²) >= 11 is 0. The van der Waals surface area contributed by atoms with Gasteiger partial charge in [0.25, 0.3) is 0 Å². The van der Waals surface area contributed by atoms with Crippen LogP contribution in [0.4, 0.5) is 5.69 Å². The normalized spacial score (nSPS) is 10.5. The molecule has 0 heterocycles. The standard InChI is InChI=1S/C18H23NO2/c1-14(2)13-21-16-8-6-7-15(11-16)12-19-17-9-4-5-10-18(17)20-3/h4-11,14,19H,12-13H2,1-3H3. The Bertz CT molecular complexity index is 567. The number of ether oxygens (including phenoxy) is 2. The molecule has 0 saturated heterocycles. The van der Waals surface area contributed by atoms with Gasteiger partial charge in [0.1, 0.15) is 11.5 Å². The summed E-state index contributed by atoms with van der Waals surface area (Å²) in [4.78, 5) is 0. The van der Waals surface area contributed by atoms with Gasteiger partial charge in [-0.2, -0.15) is 0 Å². The van der Waals surface area contributed by atoms with E-state index in [2.05, 4.69) is 31.3 Å². The van der Waals surface area contributed by atoms with Crippen LogP contribution in [0.1, 0.15) is 19.4 Å². The Hall–Kier alpha value is -2.16. The topological polar surface area (TPSA) is 30.5 Å². The van der Waals surface area contributed by atoms with Crippen LogP contribution >= 0.6 is 0 Å². The third-order valence-electron chi connectivity index (χ3n) is 3.07. The maximum atomic E-state index is 5.75. The van der Waals surface area contributed by atoms with Crippen LogP contribution in [0.15, 0.2) is 48.5 Å². The van der Waals surface area contributed by atoms with Gasteiger partial charge in [-0.25, -0.2) is 0 Å². The zero-order valence-electron chi connectivity index (χ0n) is 12.9. The molecule has 0 fully saturated rings. The van der Waals surface area contributed by atoms with Gasteiger partial charge in [-0.15, -0.1) is 0 Å². The lowest BCUT2D eigenvalue weighted by Crippen LogP contribution is -2.05. The van der Waals surface area contributed by atoms with Crippen molar-refractivity contribution < 1.29 is 9.47 Å². The highest BCUT2D eigenvalue weighted by molar-refractivity contribution is 5.56. The number of anilines is 1. The Morgan fingerprint density at radius 3 is 2.62 bits per heavy atom. The van der Waals surface area contributed by atoms with E-state index in [9.17, 15) is 0 Å². The molecule has 0 atom stereocenters. The van der Waals surface area contributed by atoms with Gasteiger partial charge in [0.15, 0.2) is 0 Å². The fraction of sp³-hybridized carbons (Fsp3) is 0.333. The third-order valence-corrected chi connectivity index (χ3v) is 3.07. The predicted molar refractivity (Wildman–Crippen MR) is 87.1 cm³/mol. The molecule has 0 bridgehead atoms. The van der Waals surface area contributed by atoms with Crippen molar-refractivity contribution in [3.8, 4) is 11.5 Å². The minimum absolute atomic E-state index is 0.528. The van der Waals surface area contributed by atoms with Gasteiger partial charge in [0, 0.05) is 6.54 Å². The summed E-state index contributed by atoms with van der Waals surface area (Å²) in [5.41, 5.74) is 2.18. The molecule has 21 heavy (non-hydrogen) atoms. The molecule has 3 heteroatoms. The van der Waals surface area contributed by atoms with Crippen LogP contribution in [-0.4, -0.2) is 13.7 Å². The molecule has 0 amide bonds. The number of rotatable bonds is 7. The van der Waals surface area contributed by atoms with E-state index in [-0.39, 0.29) is 0 Å². The molecule has 0 aliphatic rings. The minimum atomic E-state index is 0.528. The fourth-order valence-electron chi connectivity index (χ4n) is 2.00. The molecular formula is C18H23NO2. The van der Waals surface area contributed by atoms with Gasteiger partial charge in [-0.05, 0) is 35.7 Å². The van der Waals surface area contributed by atoms with Crippen LogP contribution in [0.25, 0.3) is 0 Å². The first kappa shape index (κ1) is 15.2. The zero-order chi connectivity index (χ0) is 15.1. The van der Waals surface area contributed by atoms with Crippen molar-refractivity contribution in [2.45, 2.75) is 20.4 Å². The molecule has 2 aromatic rings. The van der Waals surface area contributed by atoms with Crippen molar-refractivity contribution in [3.63, 3.8) is 0 Å². The number of nitrogens with one attached hydrogen (secondary N) is 1. The lowest BCUT2D eigenvalue weighted by atomic mass is 10.2. The first-order chi connectivity index (χ1) is 10.2. The molecule has 0 spiro atoms. The van der Waals surface area contributed by atoms with E-state index in [1.54, 1.807) is 7.11 Å². The summed E-state index contributed by atoms with van der Waals surface area (Å²) in [5.74, 6) is 2.30. The number of hydrogen-bond donors (Lipinski definition) is 1. The Labute approximate surface area is 126 Å². The maximum Gasteiger partial charge on any atom is 0.141 e. The van der Waals surface area contributed by atoms with Crippen LogP contribution in [0.5, 0.6) is 11.5 Å². The number of hydrogen-bond acceptors (Lipinski definition) is 3. The molecule has 1 N–H and O–H groups in total. The Kier molecular flexibility index (Phi) is 5.50. The Balaban J connectivity index is 1.98. The summed E-state index contributed by atoms with van der Waals surface area (Å²) in [5, 5.41) is 3.39. The minimum Gasteiger partial charge on any atom is -0.495 e. The van der Waals surface area contributed by atoms with E-state index in [1.807, 2.05) is 36.4 Å². The summed E-state index contributed by atoms with van der Waals surface area (Å²) < 4.78 is 11.1. The summed E-state index contributed by atoms with van der Waals surface area (Å²) in [6.07, 6.45) is 0. The average Bonchev–Trinajstić information content (AvgIpc) is 2.51. The molecule has 2 aromatic carbocycles. The second kappa shape index (κ2) is 7.58. The fourth-order valence-corrected chi connectivity index (χ4v) is 2.00. The van der Waals surface area contributed by atoms with Gasteiger partial charge in [0.2, 0.25) is 0 Å². The molecule has 0 aromatic heterocycles. The summed E-state index contributed by atoms with van der Waals surface area (Å²) in [6.45, 7) is 5.77. The molecule has 0 unspecified atom stereocenters. The average molecular weight is 285 g/mol. The molecular weight excluding hydrogens is 262 g/mol. The highest BCUT2D eigenvalue weighted by Crippen LogP contribution is 2.24. The number of benzene rings is 2. The molecule has 112 valence electrons. The smallest absolute Gasteiger partial charge is 0.141 e. The molecule has 0 aliphatic heterocycles. The van der Waals surface area contributed by atoms with Crippen LogP contribution in [-0.2, 0) is 6.54 Å². The van der Waals surface area contributed by atoms with Crippen molar-refractivity contribution in [1.29, 1.82) is 0 Å². The highest BCUT2D eigenvalue weighted by atomic mass is 16.5. The Morgan fingerprint density at radius 1 is 1.05 bits per heavy atom. The molecule has 3 nitrogen and oxygen atoms in total. The lowest BCUT2D eigenvalue weighted by Gasteiger charge is -2.12. The summed E-state index contributed by atoms with van der Waals surface area (Å²) in [6, 6.07) is 16.1. The SMILES string of the molecule is COc1ccccc1NCc1cccc(OCC(C)C)c1. The molecule has 0 radical (unpaired) electrons. The van der Waals surface area contributed by atoms with Crippen molar-refractivity contribution in [2.24, 2.45) is 5.92 Å². The quantitative estimate of drug-likeness (QED) is 0.820. The van der Waals surface area contributed by atoms with E-state index < -0.39 is 0 Å².